The molecule has 0 bridgehead atoms. The summed E-state index contributed by atoms with van der Waals surface area (Å²) in [6.07, 6.45) is -0.940. The monoisotopic (exact) mass is 348 g/mol. The van der Waals surface area contributed by atoms with Crippen molar-refractivity contribution in [3.63, 3.8) is 0 Å². The van der Waals surface area contributed by atoms with Crippen LogP contribution in [0.5, 0.6) is 0 Å². The molecule has 1 aromatic rings. The van der Waals surface area contributed by atoms with Gasteiger partial charge in [-0.1, -0.05) is 11.8 Å². The van der Waals surface area contributed by atoms with Crippen LogP contribution in [0.3, 0.4) is 0 Å². The lowest BCUT2D eigenvalue weighted by molar-refractivity contribution is -0.105. The van der Waals surface area contributed by atoms with Gasteiger partial charge in [0.15, 0.2) is 0 Å². The van der Waals surface area contributed by atoms with E-state index in [-0.39, 0.29) is 17.0 Å². The van der Waals surface area contributed by atoms with E-state index in [4.69, 9.17) is 4.74 Å². The summed E-state index contributed by atoms with van der Waals surface area (Å²) in [5, 5.41) is 0.196. The standard InChI is InChI=1S/C15H19F3N2O2S/c1-2-20(9-12-4-3-7-22-12)14(21)11-5-6-19-13(8-11)23-10-15(16,17)18/h5-6,8,12H,2-4,7,9-10H2,1H3/t12-/m1/s1. The van der Waals surface area contributed by atoms with Crippen LogP contribution in [0.25, 0.3) is 0 Å². The van der Waals surface area contributed by atoms with Crippen molar-refractivity contribution in [3.8, 4) is 0 Å². The topological polar surface area (TPSA) is 42.4 Å². The fourth-order valence-corrected chi connectivity index (χ4v) is 3.01. The van der Waals surface area contributed by atoms with Crippen LogP contribution >= 0.6 is 11.8 Å². The molecule has 0 aliphatic carbocycles. The Kier molecular flexibility index (Phi) is 6.29. The number of rotatable bonds is 6. The lowest BCUT2D eigenvalue weighted by atomic mass is 10.2. The van der Waals surface area contributed by atoms with Crippen molar-refractivity contribution in [1.82, 2.24) is 9.88 Å². The van der Waals surface area contributed by atoms with Gasteiger partial charge in [0.2, 0.25) is 0 Å². The summed E-state index contributed by atoms with van der Waals surface area (Å²) in [5.41, 5.74) is 0.351. The number of halogens is 3. The third kappa shape index (κ3) is 5.69. The maximum atomic E-state index is 12.5. The highest BCUT2D eigenvalue weighted by molar-refractivity contribution is 7.99. The Hall–Kier alpha value is -1.28. The molecule has 1 aliphatic rings. The average molecular weight is 348 g/mol. The van der Waals surface area contributed by atoms with Crippen molar-refractivity contribution >= 4 is 17.7 Å². The van der Waals surface area contributed by atoms with Crippen molar-refractivity contribution in [3.05, 3.63) is 23.9 Å². The number of amides is 1. The lowest BCUT2D eigenvalue weighted by Gasteiger charge is -2.24. The van der Waals surface area contributed by atoms with E-state index in [9.17, 15) is 18.0 Å². The minimum Gasteiger partial charge on any atom is -0.376 e. The zero-order valence-corrected chi connectivity index (χ0v) is 13.6. The lowest BCUT2D eigenvalue weighted by Crippen LogP contribution is -2.37. The van der Waals surface area contributed by atoms with Crippen LogP contribution in [0.15, 0.2) is 23.4 Å². The molecule has 1 atom stereocenters. The fourth-order valence-electron chi connectivity index (χ4n) is 2.35. The Labute approximate surface area is 137 Å². The highest BCUT2D eigenvalue weighted by Gasteiger charge is 2.28. The van der Waals surface area contributed by atoms with E-state index in [0.29, 0.717) is 37.0 Å². The minimum atomic E-state index is -4.26. The number of carbonyl (C=O) groups is 1. The van der Waals surface area contributed by atoms with Gasteiger partial charge in [-0.15, -0.1) is 0 Å². The predicted molar refractivity (Wildman–Crippen MR) is 81.6 cm³/mol. The third-order valence-electron chi connectivity index (χ3n) is 3.48. The van der Waals surface area contributed by atoms with Crippen molar-refractivity contribution in [1.29, 1.82) is 0 Å². The Morgan fingerprint density at radius 2 is 2.30 bits per heavy atom. The summed E-state index contributed by atoms with van der Waals surface area (Å²) in [4.78, 5) is 18.1. The molecule has 1 aromatic heterocycles. The highest BCUT2D eigenvalue weighted by atomic mass is 32.2. The van der Waals surface area contributed by atoms with Crippen LogP contribution in [-0.4, -0.2) is 53.5 Å². The Balaban J connectivity index is 2.02. The summed E-state index contributed by atoms with van der Waals surface area (Å²) < 4.78 is 42.4. The molecule has 1 saturated heterocycles. The van der Waals surface area contributed by atoms with E-state index >= 15 is 0 Å². The molecule has 0 radical (unpaired) electrons. The van der Waals surface area contributed by atoms with E-state index in [1.165, 1.54) is 18.3 Å². The summed E-state index contributed by atoms with van der Waals surface area (Å²) in [6, 6.07) is 2.94. The number of hydrogen-bond acceptors (Lipinski definition) is 4. The molecule has 23 heavy (non-hydrogen) atoms. The van der Waals surface area contributed by atoms with Gasteiger partial charge in [0.1, 0.15) is 0 Å². The number of hydrogen-bond donors (Lipinski definition) is 0. The molecule has 1 aliphatic heterocycles. The van der Waals surface area contributed by atoms with Crippen molar-refractivity contribution in [2.45, 2.75) is 37.1 Å². The molecule has 2 heterocycles. The second kappa shape index (κ2) is 8.01. The van der Waals surface area contributed by atoms with Gasteiger partial charge < -0.3 is 9.64 Å². The van der Waals surface area contributed by atoms with Gasteiger partial charge in [-0.25, -0.2) is 4.98 Å². The van der Waals surface area contributed by atoms with E-state index in [1.54, 1.807) is 4.90 Å². The molecule has 1 amide bonds. The van der Waals surface area contributed by atoms with Gasteiger partial charge >= 0.3 is 6.18 Å². The van der Waals surface area contributed by atoms with Crippen LogP contribution in [0.4, 0.5) is 13.2 Å². The van der Waals surface area contributed by atoms with Crippen LogP contribution in [0.1, 0.15) is 30.1 Å². The zero-order valence-electron chi connectivity index (χ0n) is 12.8. The summed E-state index contributed by atoms with van der Waals surface area (Å²) in [7, 11) is 0. The predicted octanol–water partition coefficient (Wildman–Crippen LogP) is 3.38. The first-order valence-electron chi connectivity index (χ1n) is 7.45. The molecule has 1 fully saturated rings. The van der Waals surface area contributed by atoms with Crippen molar-refractivity contribution < 1.29 is 22.7 Å². The Morgan fingerprint density at radius 1 is 1.52 bits per heavy atom. The summed E-state index contributed by atoms with van der Waals surface area (Å²) in [6.45, 7) is 3.60. The average Bonchev–Trinajstić information content (AvgIpc) is 3.02. The number of thioether (sulfide) groups is 1. The molecule has 0 unspecified atom stereocenters. The number of alkyl halides is 3. The van der Waals surface area contributed by atoms with Gasteiger partial charge in [0.05, 0.1) is 16.9 Å². The van der Waals surface area contributed by atoms with Gasteiger partial charge in [-0.05, 0) is 31.9 Å². The van der Waals surface area contributed by atoms with Crippen LogP contribution in [-0.2, 0) is 4.74 Å². The Morgan fingerprint density at radius 3 is 2.91 bits per heavy atom. The summed E-state index contributed by atoms with van der Waals surface area (Å²) in [5.74, 6) is -1.23. The van der Waals surface area contributed by atoms with E-state index in [2.05, 4.69) is 4.98 Å². The quantitative estimate of drug-likeness (QED) is 0.739. The summed E-state index contributed by atoms with van der Waals surface area (Å²) >= 11 is 0.580. The molecule has 0 aromatic carbocycles. The highest BCUT2D eigenvalue weighted by Crippen LogP contribution is 2.26. The van der Waals surface area contributed by atoms with Crippen molar-refractivity contribution in [2.24, 2.45) is 0 Å². The molecule has 128 valence electrons. The number of likely N-dealkylation sites (N-methyl/N-ethyl adjacent to an activating group) is 1. The number of ether oxygens (including phenoxy) is 1. The van der Waals surface area contributed by atoms with Gasteiger partial charge in [0, 0.05) is 31.5 Å². The first-order valence-corrected chi connectivity index (χ1v) is 8.44. The molecule has 4 nitrogen and oxygen atoms in total. The largest absolute Gasteiger partial charge is 0.398 e. The molecule has 0 N–H and O–H groups in total. The fraction of sp³-hybridized carbons (Fsp3) is 0.600. The van der Waals surface area contributed by atoms with E-state index in [1.807, 2.05) is 6.92 Å². The number of pyridine rings is 1. The second-order valence-electron chi connectivity index (χ2n) is 5.27. The second-order valence-corrected chi connectivity index (χ2v) is 6.26. The van der Waals surface area contributed by atoms with Gasteiger partial charge in [0.25, 0.3) is 5.91 Å². The molecule has 0 saturated carbocycles. The maximum Gasteiger partial charge on any atom is 0.398 e. The maximum absolute atomic E-state index is 12.5. The van der Waals surface area contributed by atoms with Gasteiger partial charge in [-0.3, -0.25) is 4.79 Å². The minimum absolute atomic E-state index is 0.0415. The van der Waals surface area contributed by atoms with E-state index < -0.39 is 11.9 Å². The normalized spacial score (nSPS) is 18.2. The number of nitrogens with zero attached hydrogens (tertiary/aromatic N) is 2. The molecule has 0 spiro atoms. The first-order chi connectivity index (χ1) is 10.9. The van der Waals surface area contributed by atoms with Crippen LogP contribution < -0.4 is 0 Å². The molecular formula is C15H19F3N2O2S. The molecule has 8 heteroatoms. The smallest absolute Gasteiger partial charge is 0.376 e. The number of aromatic nitrogens is 1. The van der Waals surface area contributed by atoms with E-state index in [0.717, 1.165) is 12.8 Å². The van der Waals surface area contributed by atoms with Crippen molar-refractivity contribution in [2.75, 3.05) is 25.4 Å². The SMILES string of the molecule is CCN(C[C@H]1CCCO1)C(=O)c1ccnc(SCC(F)(F)F)c1. The zero-order chi connectivity index (χ0) is 16.9. The van der Waals surface area contributed by atoms with Gasteiger partial charge in [-0.2, -0.15) is 13.2 Å². The first kappa shape index (κ1) is 18.1. The van der Waals surface area contributed by atoms with Crippen LogP contribution in [0.2, 0.25) is 0 Å². The van der Waals surface area contributed by atoms with Crippen LogP contribution in [0, 0.1) is 0 Å². The number of carbonyl (C=O) groups excluding carboxylic acids is 1. The molecular weight excluding hydrogens is 329 g/mol. The third-order valence-corrected chi connectivity index (χ3v) is 4.47. The Bertz CT molecular complexity index is 534. The molecule has 2 rings (SSSR count).